The number of carbonyl (C=O) groups is 1. The minimum absolute atomic E-state index is 0.0401. The van der Waals surface area contributed by atoms with Gasteiger partial charge in [-0.25, -0.2) is 4.98 Å². The van der Waals surface area contributed by atoms with Crippen LogP contribution in [0.1, 0.15) is 35.7 Å². The summed E-state index contributed by atoms with van der Waals surface area (Å²) in [6.07, 6.45) is 3.11. The highest BCUT2D eigenvalue weighted by Gasteiger charge is 2.30. The second-order valence-electron chi connectivity index (χ2n) is 10.2. The number of piperazine rings is 1. The molecular weight excluding hydrogens is 506 g/mol. The number of carbonyl (C=O) groups excluding carboxylic acids is 1. The molecule has 1 saturated heterocycles. The van der Waals surface area contributed by atoms with Gasteiger partial charge in [0.1, 0.15) is 18.5 Å². The van der Waals surface area contributed by atoms with Crippen LogP contribution in [0.3, 0.4) is 0 Å². The van der Waals surface area contributed by atoms with Crippen molar-refractivity contribution in [1.29, 1.82) is 5.26 Å². The van der Waals surface area contributed by atoms with E-state index in [1.807, 2.05) is 30.3 Å². The van der Waals surface area contributed by atoms with Crippen LogP contribution in [0.15, 0.2) is 66.9 Å². The van der Waals surface area contributed by atoms with Crippen molar-refractivity contribution in [3.63, 3.8) is 0 Å². The van der Waals surface area contributed by atoms with E-state index in [0.29, 0.717) is 36.5 Å². The number of benzene rings is 2. The van der Waals surface area contributed by atoms with E-state index in [9.17, 15) is 4.79 Å². The van der Waals surface area contributed by atoms with Gasteiger partial charge in [0.15, 0.2) is 11.5 Å². The molecule has 0 saturated carbocycles. The zero-order valence-electron chi connectivity index (χ0n) is 22.8. The summed E-state index contributed by atoms with van der Waals surface area (Å²) in [7, 11) is 0. The molecule has 1 aromatic heterocycles. The maximum absolute atomic E-state index is 13.6. The van der Waals surface area contributed by atoms with Gasteiger partial charge in [-0.3, -0.25) is 14.6 Å². The van der Waals surface area contributed by atoms with Gasteiger partial charge in [0.2, 0.25) is 0 Å². The van der Waals surface area contributed by atoms with Gasteiger partial charge in [-0.1, -0.05) is 12.1 Å². The van der Waals surface area contributed by atoms with E-state index < -0.39 is 0 Å². The van der Waals surface area contributed by atoms with E-state index in [-0.39, 0.29) is 24.7 Å². The topological polar surface area (TPSA) is 102 Å². The standard InChI is InChI=1S/C31H35N5O4/c1-23(21-36(29-9-2-3-14-33-29)31(38)25-12-10-24(20-32)11-13-25)34-15-17-35(18-16-34)27-7-4-8-28-30(27)39-22-26(40-28)6-5-19-37/h2-4,7-14,23,26,37H,5-6,15-19,21-22H2,1H3/t23-,26?/m1/s1. The van der Waals surface area contributed by atoms with E-state index >= 15 is 0 Å². The van der Waals surface area contributed by atoms with Gasteiger partial charge in [0.25, 0.3) is 5.91 Å². The average Bonchev–Trinajstić information content (AvgIpc) is 3.02. The molecule has 0 aliphatic carbocycles. The van der Waals surface area contributed by atoms with Gasteiger partial charge in [-0.15, -0.1) is 0 Å². The second kappa shape index (κ2) is 12.8. The Hall–Kier alpha value is -4.13. The number of amides is 1. The quantitative estimate of drug-likeness (QED) is 0.437. The van der Waals surface area contributed by atoms with Gasteiger partial charge in [0.05, 0.1) is 17.3 Å². The molecule has 1 amide bonds. The summed E-state index contributed by atoms with van der Waals surface area (Å²) in [4.78, 5) is 24.5. The lowest BCUT2D eigenvalue weighted by Crippen LogP contribution is -2.53. The van der Waals surface area contributed by atoms with Crippen molar-refractivity contribution in [1.82, 2.24) is 9.88 Å². The smallest absolute Gasteiger partial charge is 0.259 e. The van der Waals surface area contributed by atoms with Crippen LogP contribution >= 0.6 is 0 Å². The molecule has 2 atom stereocenters. The van der Waals surface area contributed by atoms with Crippen molar-refractivity contribution in [2.24, 2.45) is 0 Å². The maximum Gasteiger partial charge on any atom is 0.259 e. The zero-order chi connectivity index (χ0) is 27.9. The minimum Gasteiger partial charge on any atom is -0.484 e. The zero-order valence-corrected chi connectivity index (χ0v) is 22.8. The van der Waals surface area contributed by atoms with Crippen LogP contribution in [-0.4, -0.2) is 79.0 Å². The summed E-state index contributed by atoms with van der Waals surface area (Å²) in [6.45, 7) is 6.60. The first kappa shape index (κ1) is 27.4. The molecule has 3 heterocycles. The van der Waals surface area contributed by atoms with Crippen molar-refractivity contribution in [2.45, 2.75) is 31.9 Å². The van der Waals surface area contributed by atoms with Gasteiger partial charge in [0, 0.05) is 57.1 Å². The highest BCUT2D eigenvalue weighted by molar-refractivity contribution is 6.05. The molecule has 1 unspecified atom stereocenters. The first-order valence-electron chi connectivity index (χ1n) is 13.8. The van der Waals surface area contributed by atoms with E-state index in [2.05, 4.69) is 33.8 Å². The predicted octanol–water partition coefficient (Wildman–Crippen LogP) is 3.72. The maximum atomic E-state index is 13.6. The Bertz CT molecular complexity index is 1320. The number of aromatic nitrogens is 1. The highest BCUT2D eigenvalue weighted by Crippen LogP contribution is 2.41. The summed E-state index contributed by atoms with van der Waals surface area (Å²) >= 11 is 0. The molecular formula is C31H35N5O4. The summed E-state index contributed by atoms with van der Waals surface area (Å²) in [6, 6.07) is 20.5. The summed E-state index contributed by atoms with van der Waals surface area (Å²) in [5.41, 5.74) is 2.08. The molecule has 2 aliphatic heterocycles. The van der Waals surface area contributed by atoms with Crippen molar-refractivity contribution in [3.8, 4) is 17.6 Å². The SMILES string of the molecule is C[C@H](CN(C(=O)c1ccc(C#N)cc1)c1ccccn1)N1CCN(c2cccc3c2OCC(CCCO)O3)CC1. The molecule has 40 heavy (non-hydrogen) atoms. The number of rotatable bonds is 9. The van der Waals surface area contributed by atoms with E-state index in [0.717, 1.165) is 49.8 Å². The lowest BCUT2D eigenvalue weighted by atomic mass is 10.1. The Morgan fingerprint density at radius 2 is 1.93 bits per heavy atom. The average molecular weight is 542 g/mol. The van der Waals surface area contributed by atoms with E-state index in [4.69, 9.17) is 19.8 Å². The van der Waals surface area contributed by atoms with Crippen LogP contribution in [0.5, 0.6) is 11.5 Å². The third kappa shape index (κ3) is 6.19. The molecule has 9 nitrogen and oxygen atoms in total. The Labute approximate surface area is 235 Å². The van der Waals surface area contributed by atoms with Crippen molar-refractivity contribution >= 4 is 17.4 Å². The number of para-hydroxylation sites is 1. The largest absolute Gasteiger partial charge is 0.484 e. The van der Waals surface area contributed by atoms with E-state index in [1.165, 1.54) is 0 Å². The Morgan fingerprint density at radius 1 is 1.12 bits per heavy atom. The van der Waals surface area contributed by atoms with E-state index in [1.54, 1.807) is 35.4 Å². The van der Waals surface area contributed by atoms with Gasteiger partial charge in [-0.2, -0.15) is 5.26 Å². The summed E-state index contributed by atoms with van der Waals surface area (Å²) < 4.78 is 12.3. The molecule has 5 rings (SSSR count). The number of pyridine rings is 1. The molecule has 0 bridgehead atoms. The van der Waals surface area contributed by atoms with Crippen LogP contribution < -0.4 is 19.3 Å². The number of fused-ring (bicyclic) bond motifs is 1. The third-order valence-electron chi connectivity index (χ3n) is 7.51. The molecule has 0 radical (unpaired) electrons. The first-order chi connectivity index (χ1) is 19.6. The van der Waals surface area contributed by atoms with Crippen LogP contribution in [0.4, 0.5) is 11.5 Å². The van der Waals surface area contributed by atoms with Gasteiger partial charge in [-0.05, 0) is 68.3 Å². The number of hydrogen-bond donors (Lipinski definition) is 1. The van der Waals surface area contributed by atoms with Crippen molar-refractivity contribution in [2.75, 3.05) is 55.7 Å². The number of ether oxygens (including phenoxy) is 2. The van der Waals surface area contributed by atoms with Crippen molar-refractivity contribution < 1.29 is 19.4 Å². The second-order valence-corrected chi connectivity index (χ2v) is 10.2. The first-order valence-corrected chi connectivity index (χ1v) is 13.8. The van der Waals surface area contributed by atoms with Gasteiger partial charge < -0.3 is 19.5 Å². The van der Waals surface area contributed by atoms with Crippen LogP contribution in [0.2, 0.25) is 0 Å². The lowest BCUT2D eigenvalue weighted by Gasteiger charge is -2.41. The Morgan fingerprint density at radius 3 is 2.62 bits per heavy atom. The fourth-order valence-corrected chi connectivity index (χ4v) is 5.26. The molecule has 3 aromatic rings. The number of aliphatic hydroxyl groups excluding tert-OH is 1. The van der Waals surface area contributed by atoms with Crippen LogP contribution in [0, 0.1) is 11.3 Å². The molecule has 1 fully saturated rings. The van der Waals surface area contributed by atoms with Crippen molar-refractivity contribution in [3.05, 3.63) is 78.0 Å². The molecule has 9 heteroatoms. The van der Waals surface area contributed by atoms with Gasteiger partial charge >= 0.3 is 0 Å². The number of nitrogens with zero attached hydrogens (tertiary/aromatic N) is 5. The fraction of sp³-hybridized carbons (Fsp3) is 0.387. The number of hydrogen-bond acceptors (Lipinski definition) is 8. The Balaban J connectivity index is 1.24. The normalized spacial score (nSPS) is 17.6. The number of nitriles is 1. The molecule has 2 aliphatic rings. The summed E-state index contributed by atoms with van der Waals surface area (Å²) in [5, 5.41) is 18.3. The fourth-order valence-electron chi connectivity index (χ4n) is 5.26. The molecule has 208 valence electrons. The molecule has 1 N–H and O–H groups in total. The van der Waals surface area contributed by atoms with Crippen LogP contribution in [-0.2, 0) is 0 Å². The lowest BCUT2D eigenvalue weighted by molar-refractivity contribution is 0.0792. The Kier molecular flexibility index (Phi) is 8.79. The molecule has 2 aromatic carbocycles. The summed E-state index contributed by atoms with van der Waals surface area (Å²) in [5.74, 6) is 2.01. The number of aliphatic hydroxyl groups is 1. The minimum atomic E-state index is -0.140. The number of anilines is 2. The predicted molar refractivity (Wildman–Crippen MR) is 153 cm³/mol. The highest BCUT2D eigenvalue weighted by atomic mass is 16.6. The molecule has 0 spiro atoms. The monoisotopic (exact) mass is 541 g/mol. The van der Waals surface area contributed by atoms with Crippen LogP contribution in [0.25, 0.3) is 0 Å². The third-order valence-corrected chi connectivity index (χ3v) is 7.51.